The van der Waals surface area contributed by atoms with Gasteiger partial charge in [0.25, 0.3) is 5.91 Å². The fourth-order valence-electron chi connectivity index (χ4n) is 4.75. The molecule has 0 aromatic carbocycles. The quantitative estimate of drug-likeness (QED) is 0.434. The molecule has 36 heavy (non-hydrogen) atoms. The summed E-state index contributed by atoms with van der Waals surface area (Å²) in [4.78, 5) is 32.2. The maximum atomic E-state index is 12.3. The number of nitrogens with two attached hydrogens (primary N) is 1. The highest BCUT2D eigenvalue weighted by Gasteiger charge is 2.31. The zero-order chi connectivity index (χ0) is 24.6. The summed E-state index contributed by atoms with van der Waals surface area (Å²) in [6.07, 6.45) is 8.37. The third-order valence-electron chi connectivity index (χ3n) is 6.70. The van der Waals surface area contributed by atoms with Crippen LogP contribution in [0.1, 0.15) is 49.3 Å². The normalized spacial score (nSPS) is 17.1. The Bertz CT molecular complexity index is 1510. The van der Waals surface area contributed by atoms with E-state index in [2.05, 4.69) is 26.8 Å². The van der Waals surface area contributed by atoms with Gasteiger partial charge in [-0.3, -0.25) is 9.20 Å². The Kier molecular flexibility index (Phi) is 5.49. The van der Waals surface area contributed by atoms with Crippen LogP contribution in [0.3, 0.4) is 0 Å². The van der Waals surface area contributed by atoms with Crippen LogP contribution in [0, 0.1) is 11.8 Å². The Morgan fingerprint density at radius 1 is 1.08 bits per heavy atom. The Labute approximate surface area is 208 Å². The smallest absolute Gasteiger partial charge is 0.298 e. The van der Waals surface area contributed by atoms with Gasteiger partial charge in [-0.1, -0.05) is 5.92 Å². The molecule has 0 radical (unpaired) electrons. The van der Waals surface area contributed by atoms with Gasteiger partial charge in [0.15, 0.2) is 5.82 Å². The number of amides is 1. The van der Waals surface area contributed by atoms with Crippen molar-refractivity contribution in [2.24, 2.45) is 0 Å². The Hall–Kier alpha value is -4.45. The van der Waals surface area contributed by atoms with Gasteiger partial charge < -0.3 is 15.4 Å². The molecule has 0 bridgehead atoms. The standard InChI is InChI=1S/C27H25N7O2/c1-2-3-24(35)33-13-10-19(16-33)25-22-9-12-30-27(28)34(22)26(32-25)21-7-6-20(15-31-21)36-23-14-18(8-11-29-23)17-4-5-17/h6-9,11-12,14-15,17,19H,4-5,10,13,16H2,1H3,(H2,28,30). The summed E-state index contributed by atoms with van der Waals surface area (Å²) in [5.74, 6) is 7.94. The fraction of sp³-hybridized carbons (Fsp3) is 0.296. The van der Waals surface area contributed by atoms with Crippen molar-refractivity contribution in [2.45, 2.75) is 38.0 Å². The predicted molar refractivity (Wildman–Crippen MR) is 134 cm³/mol. The molecule has 9 nitrogen and oxygen atoms in total. The number of nitrogen functional groups attached to an aromatic ring is 1. The molecule has 2 aliphatic rings. The highest BCUT2D eigenvalue weighted by atomic mass is 16.5. The van der Waals surface area contributed by atoms with Gasteiger partial charge in [-0.2, -0.15) is 0 Å². The van der Waals surface area contributed by atoms with Crippen LogP contribution in [0.2, 0.25) is 0 Å². The lowest BCUT2D eigenvalue weighted by atomic mass is 10.0. The summed E-state index contributed by atoms with van der Waals surface area (Å²) >= 11 is 0. The highest BCUT2D eigenvalue weighted by molar-refractivity contribution is 5.93. The Morgan fingerprint density at radius 3 is 2.72 bits per heavy atom. The first-order chi connectivity index (χ1) is 17.6. The van der Waals surface area contributed by atoms with Crippen molar-refractivity contribution >= 4 is 17.4 Å². The van der Waals surface area contributed by atoms with E-state index in [1.165, 1.54) is 18.4 Å². The largest absolute Gasteiger partial charge is 0.437 e. The van der Waals surface area contributed by atoms with E-state index < -0.39 is 0 Å². The number of hydrogen-bond acceptors (Lipinski definition) is 7. The number of aromatic nitrogens is 5. The van der Waals surface area contributed by atoms with E-state index in [4.69, 9.17) is 15.5 Å². The Balaban J connectivity index is 1.29. The van der Waals surface area contributed by atoms with E-state index in [0.717, 1.165) is 17.6 Å². The summed E-state index contributed by atoms with van der Waals surface area (Å²) in [6.45, 7) is 2.88. The van der Waals surface area contributed by atoms with Gasteiger partial charge in [-0.15, -0.1) is 0 Å². The van der Waals surface area contributed by atoms with Crippen molar-refractivity contribution in [3.63, 3.8) is 0 Å². The predicted octanol–water partition coefficient (Wildman–Crippen LogP) is 3.78. The minimum absolute atomic E-state index is 0.0746. The molecule has 1 amide bonds. The molecule has 1 aliphatic heterocycles. The van der Waals surface area contributed by atoms with Crippen LogP contribution < -0.4 is 10.5 Å². The third-order valence-corrected chi connectivity index (χ3v) is 6.70. The topological polar surface area (TPSA) is 112 Å². The average molecular weight is 480 g/mol. The zero-order valence-corrected chi connectivity index (χ0v) is 19.9. The fourth-order valence-corrected chi connectivity index (χ4v) is 4.75. The molecular formula is C27H25N7O2. The van der Waals surface area contributed by atoms with Gasteiger partial charge in [0.1, 0.15) is 11.4 Å². The van der Waals surface area contributed by atoms with Crippen molar-refractivity contribution in [2.75, 3.05) is 18.8 Å². The second-order valence-electron chi connectivity index (χ2n) is 9.14. The molecule has 1 atom stereocenters. The van der Waals surface area contributed by atoms with Crippen LogP contribution in [-0.4, -0.2) is 48.2 Å². The molecule has 6 rings (SSSR count). The van der Waals surface area contributed by atoms with Crippen LogP contribution in [0.25, 0.3) is 17.0 Å². The van der Waals surface area contributed by atoms with E-state index >= 15 is 0 Å². The highest BCUT2D eigenvalue weighted by Crippen LogP contribution is 2.41. The molecule has 2 fully saturated rings. The maximum absolute atomic E-state index is 12.3. The second kappa shape index (κ2) is 8.96. The molecule has 180 valence electrons. The SMILES string of the molecule is CC#CC(=O)N1CCC(c2nc(-c3ccc(Oc4cc(C5CC5)ccn4)cn3)n3c(N)nccc23)C1. The van der Waals surface area contributed by atoms with Gasteiger partial charge in [-0.05, 0) is 67.9 Å². The molecule has 9 heteroatoms. The molecule has 1 saturated heterocycles. The number of rotatable bonds is 5. The van der Waals surface area contributed by atoms with E-state index in [0.29, 0.717) is 48.1 Å². The van der Waals surface area contributed by atoms with Gasteiger partial charge >= 0.3 is 0 Å². The lowest BCUT2D eigenvalue weighted by Gasteiger charge is -2.12. The van der Waals surface area contributed by atoms with E-state index in [1.54, 1.807) is 30.4 Å². The lowest BCUT2D eigenvalue weighted by molar-refractivity contribution is -0.124. The second-order valence-corrected chi connectivity index (χ2v) is 9.14. The monoisotopic (exact) mass is 479 g/mol. The Morgan fingerprint density at radius 2 is 1.94 bits per heavy atom. The first-order valence-corrected chi connectivity index (χ1v) is 12.1. The van der Waals surface area contributed by atoms with Crippen molar-refractivity contribution in [3.05, 3.63) is 60.2 Å². The molecule has 0 spiro atoms. The number of hydrogen-bond donors (Lipinski definition) is 1. The number of likely N-dealkylation sites (tertiary alicyclic amines) is 1. The molecular weight excluding hydrogens is 454 g/mol. The van der Waals surface area contributed by atoms with Crippen molar-refractivity contribution < 1.29 is 9.53 Å². The number of anilines is 1. The van der Waals surface area contributed by atoms with Crippen LogP contribution in [0.4, 0.5) is 5.95 Å². The van der Waals surface area contributed by atoms with Crippen molar-refractivity contribution in [3.8, 4) is 35.0 Å². The average Bonchev–Trinajstić information content (AvgIpc) is 3.49. The van der Waals surface area contributed by atoms with E-state index in [9.17, 15) is 4.79 Å². The van der Waals surface area contributed by atoms with Crippen molar-refractivity contribution in [1.82, 2.24) is 29.2 Å². The summed E-state index contributed by atoms with van der Waals surface area (Å²) in [5.41, 5.74) is 9.91. The van der Waals surface area contributed by atoms with Crippen LogP contribution in [0.15, 0.2) is 48.9 Å². The lowest BCUT2D eigenvalue weighted by Crippen LogP contribution is -2.26. The number of carbonyl (C=O) groups excluding carboxylic acids is 1. The third kappa shape index (κ3) is 4.11. The summed E-state index contributed by atoms with van der Waals surface area (Å²) in [6, 6.07) is 9.64. The minimum atomic E-state index is -0.153. The van der Waals surface area contributed by atoms with E-state index in [1.807, 2.05) is 34.7 Å². The molecule has 4 aromatic rings. The molecule has 4 aromatic heterocycles. The number of imidazole rings is 1. The van der Waals surface area contributed by atoms with Crippen LogP contribution >= 0.6 is 0 Å². The minimum Gasteiger partial charge on any atom is -0.437 e. The first-order valence-electron chi connectivity index (χ1n) is 12.1. The summed E-state index contributed by atoms with van der Waals surface area (Å²) < 4.78 is 7.77. The number of nitrogens with zero attached hydrogens (tertiary/aromatic N) is 6. The van der Waals surface area contributed by atoms with Gasteiger partial charge in [0.05, 0.1) is 17.4 Å². The summed E-state index contributed by atoms with van der Waals surface area (Å²) in [5, 5.41) is 0. The molecule has 1 saturated carbocycles. The van der Waals surface area contributed by atoms with Crippen LogP contribution in [0.5, 0.6) is 11.6 Å². The van der Waals surface area contributed by atoms with Crippen molar-refractivity contribution in [1.29, 1.82) is 0 Å². The summed E-state index contributed by atoms with van der Waals surface area (Å²) in [7, 11) is 0. The first kappa shape index (κ1) is 22.0. The number of ether oxygens (including phenoxy) is 1. The van der Waals surface area contributed by atoms with E-state index in [-0.39, 0.29) is 11.8 Å². The maximum Gasteiger partial charge on any atom is 0.298 e. The zero-order valence-electron chi connectivity index (χ0n) is 19.9. The molecule has 2 N–H and O–H groups in total. The molecule has 1 unspecified atom stereocenters. The van der Waals surface area contributed by atoms with Crippen LogP contribution in [-0.2, 0) is 4.79 Å². The number of fused-ring (bicyclic) bond motifs is 1. The van der Waals surface area contributed by atoms with Gasteiger partial charge in [0, 0.05) is 37.5 Å². The molecule has 5 heterocycles. The van der Waals surface area contributed by atoms with Gasteiger partial charge in [0.2, 0.25) is 11.8 Å². The molecule has 1 aliphatic carbocycles. The number of pyridine rings is 2. The number of carbonyl (C=O) groups is 1. The van der Waals surface area contributed by atoms with Gasteiger partial charge in [-0.25, -0.2) is 19.9 Å².